The van der Waals surface area contributed by atoms with E-state index in [9.17, 15) is 0 Å². The Morgan fingerprint density at radius 3 is 2.41 bits per heavy atom. The largest absolute Gasteiger partial charge is 0.351 e. The van der Waals surface area contributed by atoms with Crippen LogP contribution in [0, 0.1) is 0 Å². The van der Waals surface area contributed by atoms with Crippen LogP contribution in [-0.2, 0) is 15.9 Å². The molecule has 0 radical (unpaired) electrons. The SMILES string of the molecule is CCOC(OCC)C(Cc1ccc(Br)s1)NN. The molecule has 98 valence electrons. The molecule has 0 aliphatic rings. The highest BCUT2D eigenvalue weighted by molar-refractivity contribution is 9.11. The van der Waals surface area contributed by atoms with Gasteiger partial charge in [0.2, 0.25) is 0 Å². The zero-order valence-corrected chi connectivity index (χ0v) is 12.5. The van der Waals surface area contributed by atoms with Gasteiger partial charge in [-0.15, -0.1) is 11.3 Å². The Labute approximate surface area is 115 Å². The minimum Gasteiger partial charge on any atom is -0.351 e. The maximum absolute atomic E-state index is 5.57. The molecule has 0 fully saturated rings. The molecule has 0 aliphatic heterocycles. The Morgan fingerprint density at radius 2 is 2.00 bits per heavy atom. The molecule has 0 spiro atoms. The van der Waals surface area contributed by atoms with Crippen LogP contribution in [0.25, 0.3) is 0 Å². The van der Waals surface area contributed by atoms with Crippen molar-refractivity contribution < 1.29 is 9.47 Å². The Balaban J connectivity index is 2.61. The van der Waals surface area contributed by atoms with Gasteiger partial charge in [-0.05, 0) is 41.9 Å². The molecule has 6 heteroatoms. The second-order valence-electron chi connectivity index (χ2n) is 3.46. The van der Waals surface area contributed by atoms with Crippen LogP contribution in [0.5, 0.6) is 0 Å². The van der Waals surface area contributed by atoms with E-state index < -0.39 is 0 Å². The van der Waals surface area contributed by atoms with Crippen LogP contribution in [0.2, 0.25) is 0 Å². The van der Waals surface area contributed by atoms with E-state index in [4.69, 9.17) is 15.3 Å². The summed E-state index contributed by atoms with van der Waals surface area (Å²) in [7, 11) is 0. The molecule has 1 unspecified atom stereocenters. The number of ether oxygens (including phenoxy) is 2. The summed E-state index contributed by atoms with van der Waals surface area (Å²) in [6.07, 6.45) is 0.480. The van der Waals surface area contributed by atoms with Gasteiger partial charge >= 0.3 is 0 Å². The van der Waals surface area contributed by atoms with Crippen LogP contribution in [-0.4, -0.2) is 25.5 Å². The quantitative estimate of drug-likeness (QED) is 0.438. The van der Waals surface area contributed by atoms with E-state index in [2.05, 4.69) is 27.4 Å². The van der Waals surface area contributed by atoms with Crippen molar-refractivity contribution in [2.75, 3.05) is 13.2 Å². The van der Waals surface area contributed by atoms with Crippen molar-refractivity contribution in [1.29, 1.82) is 0 Å². The zero-order valence-electron chi connectivity index (χ0n) is 10.1. The summed E-state index contributed by atoms with van der Waals surface area (Å²) in [6, 6.07) is 4.07. The topological polar surface area (TPSA) is 56.5 Å². The summed E-state index contributed by atoms with van der Waals surface area (Å²) >= 11 is 5.14. The number of thiophene rings is 1. The Hall–Kier alpha value is 0.0200. The number of rotatable bonds is 8. The van der Waals surface area contributed by atoms with Gasteiger partial charge in [-0.1, -0.05) is 0 Å². The predicted molar refractivity (Wildman–Crippen MR) is 73.9 cm³/mol. The molecule has 0 amide bonds. The highest BCUT2D eigenvalue weighted by Crippen LogP contribution is 2.24. The Bertz CT molecular complexity index is 316. The lowest BCUT2D eigenvalue weighted by atomic mass is 10.2. The van der Waals surface area contributed by atoms with Gasteiger partial charge < -0.3 is 9.47 Å². The molecule has 3 N–H and O–H groups in total. The third kappa shape index (κ3) is 5.03. The third-order valence-electron chi connectivity index (χ3n) is 2.25. The maximum Gasteiger partial charge on any atom is 0.174 e. The molecular weight excluding hydrogens is 304 g/mol. The molecule has 17 heavy (non-hydrogen) atoms. The molecule has 1 aromatic rings. The van der Waals surface area contributed by atoms with E-state index in [0.29, 0.717) is 13.2 Å². The van der Waals surface area contributed by atoms with E-state index in [1.807, 2.05) is 19.9 Å². The molecule has 4 nitrogen and oxygen atoms in total. The average molecular weight is 323 g/mol. The lowest BCUT2D eigenvalue weighted by molar-refractivity contribution is -0.153. The number of hydrogen-bond acceptors (Lipinski definition) is 5. The summed E-state index contributed by atoms with van der Waals surface area (Å²) < 4.78 is 12.2. The highest BCUT2D eigenvalue weighted by Gasteiger charge is 2.22. The minimum absolute atomic E-state index is 0.0413. The van der Waals surface area contributed by atoms with Crippen LogP contribution >= 0.6 is 27.3 Å². The van der Waals surface area contributed by atoms with Crippen molar-refractivity contribution in [3.05, 3.63) is 20.8 Å². The number of nitrogens with one attached hydrogen (secondary N) is 1. The van der Waals surface area contributed by atoms with Gasteiger partial charge in [0.25, 0.3) is 0 Å². The van der Waals surface area contributed by atoms with Crippen molar-refractivity contribution in [1.82, 2.24) is 5.43 Å². The number of nitrogens with two attached hydrogens (primary N) is 1. The van der Waals surface area contributed by atoms with E-state index in [1.165, 1.54) is 4.88 Å². The van der Waals surface area contributed by atoms with E-state index in [-0.39, 0.29) is 12.3 Å². The molecule has 1 aromatic heterocycles. The molecule has 1 atom stereocenters. The van der Waals surface area contributed by atoms with Gasteiger partial charge in [-0.25, -0.2) is 0 Å². The normalized spacial score (nSPS) is 13.2. The summed E-state index contributed by atoms with van der Waals surface area (Å²) in [5, 5.41) is 0. The van der Waals surface area contributed by atoms with E-state index in [1.54, 1.807) is 11.3 Å². The smallest absolute Gasteiger partial charge is 0.174 e. The number of hydrogen-bond donors (Lipinski definition) is 2. The predicted octanol–water partition coefficient (Wildman–Crippen LogP) is 2.28. The molecule has 1 heterocycles. The van der Waals surface area contributed by atoms with Gasteiger partial charge in [-0.3, -0.25) is 11.3 Å². The number of halogens is 1. The van der Waals surface area contributed by atoms with Crippen LogP contribution in [0.1, 0.15) is 18.7 Å². The molecule has 0 aromatic carbocycles. The molecule has 0 saturated heterocycles. The van der Waals surface area contributed by atoms with Gasteiger partial charge in [0, 0.05) is 24.5 Å². The fraction of sp³-hybridized carbons (Fsp3) is 0.636. The zero-order chi connectivity index (χ0) is 12.7. The molecular formula is C11H19BrN2O2S. The summed E-state index contributed by atoms with van der Waals surface area (Å²) in [5.74, 6) is 5.57. The first-order valence-corrected chi connectivity index (χ1v) is 7.25. The Morgan fingerprint density at radius 1 is 1.35 bits per heavy atom. The third-order valence-corrected chi connectivity index (χ3v) is 3.90. The molecule has 0 bridgehead atoms. The monoisotopic (exact) mass is 322 g/mol. The Kier molecular flexibility index (Phi) is 7.26. The minimum atomic E-state index is -0.309. The summed E-state index contributed by atoms with van der Waals surface area (Å²) in [4.78, 5) is 1.24. The standard InChI is InChI=1S/C11H19BrN2O2S/c1-3-15-11(16-4-2)9(14-13)7-8-5-6-10(12)17-8/h5-6,9,11,14H,3-4,7,13H2,1-2H3. The fourth-order valence-electron chi connectivity index (χ4n) is 1.52. The van der Waals surface area contributed by atoms with Crippen molar-refractivity contribution in [2.45, 2.75) is 32.6 Å². The summed E-state index contributed by atoms with van der Waals surface area (Å²) in [5.41, 5.74) is 2.77. The first-order chi connectivity index (χ1) is 8.21. The van der Waals surface area contributed by atoms with Crippen molar-refractivity contribution in [3.63, 3.8) is 0 Å². The fourth-order valence-corrected chi connectivity index (χ4v) is 3.06. The number of hydrazine groups is 1. The van der Waals surface area contributed by atoms with E-state index >= 15 is 0 Å². The molecule has 1 rings (SSSR count). The first-order valence-electron chi connectivity index (χ1n) is 5.64. The second kappa shape index (κ2) is 8.18. The van der Waals surface area contributed by atoms with Crippen molar-refractivity contribution in [3.8, 4) is 0 Å². The van der Waals surface area contributed by atoms with Crippen LogP contribution in [0.3, 0.4) is 0 Å². The second-order valence-corrected chi connectivity index (χ2v) is 6.01. The lowest BCUT2D eigenvalue weighted by Crippen LogP contribution is -2.47. The van der Waals surface area contributed by atoms with Crippen LogP contribution in [0.15, 0.2) is 15.9 Å². The van der Waals surface area contributed by atoms with Crippen LogP contribution < -0.4 is 11.3 Å². The van der Waals surface area contributed by atoms with E-state index in [0.717, 1.165) is 10.2 Å². The van der Waals surface area contributed by atoms with Crippen LogP contribution in [0.4, 0.5) is 0 Å². The van der Waals surface area contributed by atoms with Gasteiger partial charge in [0.15, 0.2) is 6.29 Å². The molecule has 0 aliphatic carbocycles. The van der Waals surface area contributed by atoms with Crippen molar-refractivity contribution in [2.24, 2.45) is 5.84 Å². The highest BCUT2D eigenvalue weighted by atomic mass is 79.9. The summed E-state index contributed by atoms with van der Waals surface area (Å²) in [6.45, 7) is 5.11. The maximum atomic E-state index is 5.57. The van der Waals surface area contributed by atoms with Gasteiger partial charge in [-0.2, -0.15) is 0 Å². The molecule has 0 saturated carbocycles. The lowest BCUT2D eigenvalue weighted by Gasteiger charge is -2.25. The van der Waals surface area contributed by atoms with Gasteiger partial charge in [0.05, 0.1) is 9.83 Å². The van der Waals surface area contributed by atoms with Gasteiger partial charge in [0.1, 0.15) is 0 Å². The van der Waals surface area contributed by atoms with Crippen molar-refractivity contribution >= 4 is 27.3 Å². The first kappa shape index (κ1) is 15.1. The average Bonchev–Trinajstić information content (AvgIpc) is 2.72.